The average Bonchev–Trinajstić information content (AvgIpc) is 0.871. The number of terminal acetylenes is 7. The summed E-state index contributed by atoms with van der Waals surface area (Å²) in [5.74, 6) is 31.1. The lowest BCUT2D eigenvalue weighted by Gasteiger charge is -2.35. The van der Waals surface area contributed by atoms with E-state index in [4.69, 9.17) is 45.0 Å². The van der Waals surface area contributed by atoms with Gasteiger partial charge in [-0.2, -0.15) is 0 Å². The maximum Gasteiger partial charge on any atom is 0.141 e. The summed E-state index contributed by atoms with van der Waals surface area (Å²) in [7, 11) is 34.6. The van der Waals surface area contributed by atoms with E-state index in [9.17, 15) is 0 Å². The summed E-state index contributed by atoms with van der Waals surface area (Å²) in [5, 5.41) is 0. The van der Waals surface area contributed by atoms with E-state index >= 15 is 0 Å². The highest BCUT2D eigenvalue weighted by molar-refractivity contribution is 5.13. The van der Waals surface area contributed by atoms with Gasteiger partial charge in [-0.3, -0.25) is 0 Å². The third-order valence-corrected chi connectivity index (χ3v) is 17.2. The number of benzene rings is 1. The summed E-state index contributed by atoms with van der Waals surface area (Å²) in [6, 6.07) is 10.6. The van der Waals surface area contributed by atoms with Gasteiger partial charge in [0.1, 0.15) is 78.5 Å². The van der Waals surface area contributed by atoms with E-state index < -0.39 is 0 Å². The van der Waals surface area contributed by atoms with Crippen LogP contribution in [0.2, 0.25) is 0 Å². The molecule has 0 aliphatic carbocycles. The number of nitrogens with zero attached hydrogens (tertiary/aromatic N) is 10. The first-order chi connectivity index (χ1) is 50.0. The van der Waals surface area contributed by atoms with Crippen LogP contribution in [-0.4, -0.2) is 308 Å². The lowest BCUT2D eigenvalue weighted by molar-refractivity contribution is -0.903. The van der Waals surface area contributed by atoms with Gasteiger partial charge in [-0.1, -0.05) is 136 Å². The fourth-order valence-corrected chi connectivity index (χ4v) is 10.7. The highest BCUT2D eigenvalue weighted by Crippen LogP contribution is 2.14. The molecular formula is C98H180N10+10. The summed E-state index contributed by atoms with van der Waals surface area (Å²) < 4.78 is 9.52. The van der Waals surface area contributed by atoms with Gasteiger partial charge in [-0.05, 0) is 156 Å². The third kappa shape index (κ3) is 88.2. The molecule has 0 spiro atoms. The molecule has 1 rings (SSSR count). The van der Waals surface area contributed by atoms with Crippen molar-refractivity contribution >= 4 is 0 Å². The van der Waals surface area contributed by atoms with Gasteiger partial charge in [0.05, 0.1) is 198 Å². The second-order valence-corrected chi connectivity index (χ2v) is 34.1. The molecule has 10 heteroatoms. The van der Waals surface area contributed by atoms with E-state index in [2.05, 4.69) is 331 Å². The molecule has 0 saturated carbocycles. The first-order valence-corrected chi connectivity index (χ1v) is 40.1. The van der Waals surface area contributed by atoms with Gasteiger partial charge < -0.3 is 44.8 Å². The van der Waals surface area contributed by atoms with E-state index in [1.807, 2.05) is 25.3 Å². The van der Waals surface area contributed by atoms with Crippen LogP contribution in [0.25, 0.3) is 0 Å². The minimum atomic E-state index is 0.645. The van der Waals surface area contributed by atoms with E-state index in [0.29, 0.717) is 17.6 Å². The molecule has 0 aromatic heterocycles. The highest BCUT2D eigenvalue weighted by Gasteiger charge is 2.23. The van der Waals surface area contributed by atoms with Gasteiger partial charge >= 0.3 is 0 Å². The Kier molecular flexibility index (Phi) is 79.6. The van der Waals surface area contributed by atoms with Crippen molar-refractivity contribution in [1.82, 2.24) is 0 Å². The summed E-state index contributed by atoms with van der Waals surface area (Å²) >= 11 is 0. The van der Waals surface area contributed by atoms with Crippen LogP contribution in [0.4, 0.5) is 0 Å². The molecule has 0 aliphatic rings. The van der Waals surface area contributed by atoms with Gasteiger partial charge in [0.15, 0.2) is 0 Å². The maximum atomic E-state index is 5.39. The second-order valence-electron chi connectivity index (χ2n) is 34.1. The number of hydrogen-bond donors (Lipinski definition) is 0. The van der Waals surface area contributed by atoms with Crippen LogP contribution in [0.5, 0.6) is 0 Å². The lowest BCUT2D eigenvalue weighted by atomic mass is 10.2. The topological polar surface area (TPSA) is 0 Å². The van der Waals surface area contributed by atoms with Crippen molar-refractivity contribution in [3.8, 4) is 110 Å². The number of quaternary nitrogens is 10. The minimum Gasteiger partial charge on any atom is -0.327 e. The Morgan fingerprint density at radius 1 is 0.324 bits per heavy atom. The number of hydrogen-bond acceptors (Lipinski definition) is 0. The van der Waals surface area contributed by atoms with Crippen LogP contribution in [-0.2, 0) is 6.54 Å². The standard InChI is InChI=1S/C13H24N.C12H24N.C11H14N.C10H16N.2C10H20N.C10H18N.2C8H16N.C6H12N/c1-11(2)8-14(7,9-12(3)4)10-13(5)6;1-5-8-11-13(4,10-7-3)12-9-6-2;1-5-8-11-12(4,9-6-2)10-7-3;1-11(2,3)9-10-7-5-4-6-8-10;1-5-8-9-10-11(4,6-2)7-3;2*1-5-8-11(4,9-6-2)10-7-3;1-5-6-7-8-9(2,3)4;1-5-8-9(4,6-2)7-3;1-5-6-7(2,3)4/h1,3,5,8-10H2,2,4,6-7H3;3H,5-6,8-12H2,1-2,4H3;1-3H,8-11H2,4H3;4-8H,9H2,1-3H3;5-7,10H2,1-4H3;1H,6-10H2,2-4H3;5-7H,1-3,8-10H2,4H3;5,8H2,1-4H3;1H,6-8H2,2-4H3;1H,6H2,2-4H3/q10*+1. The van der Waals surface area contributed by atoms with Crippen molar-refractivity contribution in [1.29, 1.82) is 0 Å². The molecule has 0 N–H and O–H groups in total. The molecule has 10 nitrogen and oxygen atoms in total. The third-order valence-electron chi connectivity index (χ3n) is 17.2. The predicted octanol–water partition coefficient (Wildman–Crippen LogP) is 16.7. The Morgan fingerprint density at radius 3 is 0.870 bits per heavy atom. The predicted molar refractivity (Wildman–Crippen MR) is 490 cm³/mol. The Morgan fingerprint density at radius 2 is 0.630 bits per heavy atom. The summed E-state index contributed by atoms with van der Waals surface area (Å²) in [6.45, 7) is 75.2. The molecule has 1 aromatic rings. The van der Waals surface area contributed by atoms with Crippen molar-refractivity contribution in [2.75, 3.05) is 263 Å². The monoisotopic (exact) mass is 1500 g/mol. The van der Waals surface area contributed by atoms with Crippen LogP contribution in [0.3, 0.4) is 0 Å². The largest absolute Gasteiger partial charge is 0.327 e. The molecule has 0 fully saturated rings. The Hall–Kier alpha value is -6.70. The second kappa shape index (κ2) is 71.9. The van der Waals surface area contributed by atoms with Crippen LogP contribution in [0.15, 0.2) is 105 Å². The number of unbranched alkanes of at least 4 members (excludes halogenated alkanes) is 2. The summed E-state index contributed by atoms with van der Waals surface area (Å²) in [4.78, 5) is 0. The minimum absolute atomic E-state index is 0.645. The zero-order chi connectivity index (χ0) is 86.1. The molecule has 0 unspecified atom stereocenters. The molecule has 1 aromatic carbocycles. The maximum absolute atomic E-state index is 5.39. The van der Waals surface area contributed by atoms with Gasteiger partial charge in [0, 0.05) is 18.4 Å². The molecule has 108 heavy (non-hydrogen) atoms. The zero-order valence-electron chi connectivity index (χ0n) is 77.2. The molecule has 0 heterocycles. The molecule has 0 amide bonds. The zero-order valence-corrected chi connectivity index (χ0v) is 77.2. The summed E-state index contributed by atoms with van der Waals surface area (Å²) in [6.07, 6.45) is 52.6. The van der Waals surface area contributed by atoms with Gasteiger partial charge in [-0.25, -0.2) is 0 Å². The van der Waals surface area contributed by atoms with E-state index in [0.717, 1.165) is 164 Å². The van der Waals surface area contributed by atoms with E-state index in [-0.39, 0.29) is 0 Å². The van der Waals surface area contributed by atoms with Crippen molar-refractivity contribution in [3.05, 3.63) is 110 Å². The number of rotatable bonds is 38. The van der Waals surface area contributed by atoms with Gasteiger partial charge in [0.2, 0.25) is 0 Å². The van der Waals surface area contributed by atoms with Crippen LogP contribution >= 0.6 is 0 Å². The quantitative estimate of drug-likeness (QED) is 0.0352. The Bertz CT molecular complexity index is 2790. The van der Waals surface area contributed by atoms with E-state index in [1.165, 1.54) is 100 Å². The van der Waals surface area contributed by atoms with Crippen molar-refractivity contribution in [2.24, 2.45) is 0 Å². The van der Waals surface area contributed by atoms with Crippen LogP contribution in [0, 0.1) is 110 Å². The Labute approximate surface area is 679 Å². The SMILES string of the molecule is C#CCC[N+](C)(CC#C)CC#C.C#CC[N+](C)(C)C.C#CC[N+](C)(CC)CC.C#CC[N+](C)(CCC)CCC.C#CC[N+](C)(CCCC)CCCC.C=C(C)C[N+](C)(CC(=C)C)CC(=C)C.C=CC[N+](C)(CC=C)CC=C.CCC#CC[N+](C)(C)C.CCC#CC[N+](C)(CC)CC.C[N+](C)(C)Cc1ccccc1. The number of likely N-dealkylation sites (N-methyl/N-ethyl adjacent to an activating group) is 2. The van der Waals surface area contributed by atoms with Gasteiger partial charge in [-0.15, -0.1) is 50.9 Å². The molecule has 0 atom stereocenters. The van der Waals surface area contributed by atoms with E-state index in [1.54, 1.807) is 0 Å². The first-order valence-electron chi connectivity index (χ1n) is 40.1. The summed E-state index contributed by atoms with van der Waals surface area (Å²) in [5.41, 5.74) is 5.06. The smallest absolute Gasteiger partial charge is 0.141 e. The molecule has 0 saturated heterocycles. The van der Waals surface area contributed by atoms with Crippen LogP contribution < -0.4 is 0 Å². The molecular weight excluding hydrogens is 1320 g/mol. The first kappa shape index (κ1) is 120. The average molecular weight is 1500 g/mol. The van der Waals surface area contributed by atoms with Crippen molar-refractivity contribution in [3.63, 3.8) is 0 Å². The molecule has 0 radical (unpaired) electrons. The van der Waals surface area contributed by atoms with Crippen molar-refractivity contribution < 1.29 is 44.8 Å². The Balaban J connectivity index is -0.000000145. The van der Waals surface area contributed by atoms with Crippen LogP contribution in [0.1, 0.15) is 153 Å². The fraction of sp³-hybridized carbons (Fsp3) is 0.633. The molecule has 0 aliphatic heterocycles. The van der Waals surface area contributed by atoms with Gasteiger partial charge in [0.25, 0.3) is 0 Å². The normalized spacial score (nSPS) is 10.8. The lowest BCUT2D eigenvalue weighted by Crippen LogP contribution is -2.47. The highest BCUT2D eigenvalue weighted by atomic mass is 15.4. The van der Waals surface area contributed by atoms with Crippen molar-refractivity contribution in [2.45, 2.75) is 154 Å². The molecule has 0 bridgehead atoms. The molecule has 612 valence electrons. The fourth-order valence-electron chi connectivity index (χ4n) is 10.7.